The van der Waals surface area contributed by atoms with E-state index in [1.54, 1.807) is 0 Å². The van der Waals surface area contributed by atoms with Crippen LogP contribution in [0.15, 0.2) is 18.2 Å². The number of benzene rings is 1. The molecule has 0 saturated heterocycles. The summed E-state index contributed by atoms with van der Waals surface area (Å²) in [4.78, 5) is 0. The Morgan fingerprint density at radius 1 is 0.571 bits per heavy atom. The van der Waals surface area contributed by atoms with Gasteiger partial charge < -0.3 is 9.47 Å². The number of hydrogen-bond acceptors (Lipinski definition) is 2. The van der Waals surface area contributed by atoms with Gasteiger partial charge in [0.15, 0.2) is 11.5 Å². The number of ether oxygens (including phenoxy) is 2. The van der Waals surface area contributed by atoms with Gasteiger partial charge >= 0.3 is 0 Å². The molecule has 0 amide bonds. The van der Waals surface area contributed by atoms with E-state index >= 15 is 0 Å². The van der Waals surface area contributed by atoms with E-state index in [0.29, 0.717) is 0 Å². The van der Waals surface area contributed by atoms with Gasteiger partial charge in [0.2, 0.25) is 0 Å². The molecule has 0 aliphatic heterocycles. The van der Waals surface area contributed by atoms with Gasteiger partial charge in [0.25, 0.3) is 0 Å². The van der Waals surface area contributed by atoms with Crippen molar-refractivity contribution in [2.24, 2.45) is 0 Å². The van der Waals surface area contributed by atoms with Crippen molar-refractivity contribution in [2.45, 2.75) is 117 Å². The van der Waals surface area contributed by atoms with E-state index < -0.39 is 0 Å². The van der Waals surface area contributed by atoms with Crippen molar-refractivity contribution in [1.29, 1.82) is 0 Å². The molecule has 2 heteroatoms. The summed E-state index contributed by atoms with van der Waals surface area (Å²) in [6.07, 6.45) is 21.2. The van der Waals surface area contributed by atoms with E-state index in [0.717, 1.165) is 37.6 Å². The van der Waals surface area contributed by atoms with Gasteiger partial charge in [-0.15, -0.1) is 0 Å². The molecule has 1 radical (unpaired) electrons. The first kappa shape index (κ1) is 24.9. The van der Waals surface area contributed by atoms with Crippen LogP contribution in [0.1, 0.15) is 117 Å². The van der Waals surface area contributed by atoms with Crippen molar-refractivity contribution in [1.82, 2.24) is 0 Å². The normalized spacial score (nSPS) is 10.9. The molecule has 1 aromatic rings. The zero-order chi connectivity index (χ0) is 20.1. The highest BCUT2D eigenvalue weighted by Crippen LogP contribution is 2.26. The summed E-state index contributed by atoms with van der Waals surface area (Å²) in [6, 6.07) is 8.90. The van der Waals surface area contributed by atoms with Crippen LogP contribution in [0.3, 0.4) is 0 Å². The highest BCUT2D eigenvalue weighted by Gasteiger charge is 2.04. The molecule has 0 atom stereocenters. The van der Waals surface area contributed by atoms with Crippen LogP contribution in [-0.4, -0.2) is 13.2 Å². The lowest BCUT2D eigenvalue weighted by atomic mass is 10.1. The molecule has 0 spiro atoms. The summed E-state index contributed by atoms with van der Waals surface area (Å²) in [5.41, 5.74) is 0. The summed E-state index contributed by atoms with van der Waals surface area (Å²) in [5.74, 6) is 1.73. The molecule has 0 aromatic heterocycles. The van der Waals surface area contributed by atoms with Crippen LogP contribution in [0.4, 0.5) is 0 Å². The summed E-state index contributed by atoms with van der Waals surface area (Å²) in [7, 11) is 0. The number of unbranched alkanes of at least 4 members (excludes halogenated alkanes) is 14. The van der Waals surface area contributed by atoms with E-state index in [4.69, 9.17) is 9.47 Å². The lowest BCUT2D eigenvalue weighted by Crippen LogP contribution is -2.02. The number of hydrogen-bond donors (Lipinski definition) is 0. The number of rotatable bonds is 20. The molecule has 1 aromatic carbocycles. The van der Waals surface area contributed by atoms with E-state index in [1.807, 2.05) is 18.2 Å². The van der Waals surface area contributed by atoms with Crippen LogP contribution in [0.25, 0.3) is 0 Å². The van der Waals surface area contributed by atoms with Crippen LogP contribution in [0, 0.1) is 6.07 Å². The fraction of sp³-hybridized carbons (Fsp3) is 0.769. The molecule has 161 valence electrons. The minimum absolute atomic E-state index is 0.779. The minimum atomic E-state index is 0.779. The molecule has 0 aliphatic carbocycles. The van der Waals surface area contributed by atoms with Crippen LogP contribution in [-0.2, 0) is 0 Å². The molecule has 28 heavy (non-hydrogen) atoms. The quantitative estimate of drug-likeness (QED) is 0.208. The first-order valence-corrected chi connectivity index (χ1v) is 12.1. The Morgan fingerprint density at radius 2 is 1.00 bits per heavy atom. The standard InChI is InChI=1S/C26H45O2/c1-3-5-7-9-11-12-13-14-16-20-24-28-26-22-18-17-21-25(26)27-23-19-15-10-8-6-4-2/h17,21-22H,3-16,19-20,23-24H2,1-2H3. The van der Waals surface area contributed by atoms with Gasteiger partial charge in [-0.3, -0.25) is 0 Å². The van der Waals surface area contributed by atoms with Gasteiger partial charge in [0.05, 0.1) is 13.2 Å². The third-order valence-electron chi connectivity index (χ3n) is 5.30. The topological polar surface area (TPSA) is 18.5 Å². The molecule has 0 heterocycles. The second-order valence-electron chi connectivity index (χ2n) is 8.02. The van der Waals surface area contributed by atoms with Crippen molar-refractivity contribution in [2.75, 3.05) is 13.2 Å². The van der Waals surface area contributed by atoms with Gasteiger partial charge in [0.1, 0.15) is 0 Å². The van der Waals surface area contributed by atoms with Gasteiger partial charge in [-0.25, -0.2) is 0 Å². The van der Waals surface area contributed by atoms with Crippen LogP contribution in [0.5, 0.6) is 11.5 Å². The van der Waals surface area contributed by atoms with Crippen molar-refractivity contribution in [3.63, 3.8) is 0 Å². The maximum Gasteiger partial charge on any atom is 0.161 e. The molecule has 0 N–H and O–H groups in total. The average Bonchev–Trinajstić information content (AvgIpc) is 2.72. The second kappa shape index (κ2) is 19.2. The average molecular weight is 390 g/mol. The Hall–Kier alpha value is -1.18. The van der Waals surface area contributed by atoms with Gasteiger partial charge in [-0.2, -0.15) is 0 Å². The van der Waals surface area contributed by atoms with Crippen molar-refractivity contribution >= 4 is 0 Å². The van der Waals surface area contributed by atoms with E-state index in [1.165, 1.54) is 89.9 Å². The summed E-state index contributed by atoms with van der Waals surface area (Å²) >= 11 is 0. The molecule has 0 unspecified atom stereocenters. The lowest BCUT2D eigenvalue weighted by Gasteiger charge is -2.12. The highest BCUT2D eigenvalue weighted by atomic mass is 16.5. The smallest absolute Gasteiger partial charge is 0.161 e. The summed E-state index contributed by atoms with van der Waals surface area (Å²) in [5, 5.41) is 0. The predicted molar refractivity (Wildman–Crippen MR) is 121 cm³/mol. The largest absolute Gasteiger partial charge is 0.490 e. The Bertz CT molecular complexity index is 444. The first-order chi connectivity index (χ1) is 13.9. The third kappa shape index (κ3) is 13.9. The third-order valence-corrected chi connectivity index (χ3v) is 5.30. The summed E-state index contributed by atoms with van der Waals surface area (Å²) in [6.45, 7) is 6.10. The van der Waals surface area contributed by atoms with Gasteiger partial charge in [-0.05, 0) is 31.0 Å². The van der Waals surface area contributed by atoms with Crippen molar-refractivity contribution < 1.29 is 9.47 Å². The maximum atomic E-state index is 5.96. The molecule has 1 rings (SSSR count). The van der Waals surface area contributed by atoms with E-state index in [-0.39, 0.29) is 0 Å². The van der Waals surface area contributed by atoms with Crippen molar-refractivity contribution in [3.05, 3.63) is 24.3 Å². The Balaban J connectivity index is 2.04. The lowest BCUT2D eigenvalue weighted by molar-refractivity contribution is 0.258. The second-order valence-corrected chi connectivity index (χ2v) is 8.02. The highest BCUT2D eigenvalue weighted by molar-refractivity contribution is 5.38. The van der Waals surface area contributed by atoms with Crippen molar-refractivity contribution in [3.8, 4) is 11.5 Å². The summed E-state index contributed by atoms with van der Waals surface area (Å²) < 4.78 is 11.9. The molecule has 0 bridgehead atoms. The zero-order valence-electron chi connectivity index (χ0n) is 18.8. The minimum Gasteiger partial charge on any atom is -0.490 e. The molecule has 0 fully saturated rings. The molecule has 0 aliphatic rings. The Labute approximate surface area is 175 Å². The van der Waals surface area contributed by atoms with Gasteiger partial charge in [-0.1, -0.05) is 110 Å². The van der Waals surface area contributed by atoms with Crippen LogP contribution in [0.2, 0.25) is 0 Å². The SMILES string of the molecule is CCCCCCCCCCCCOc1c[c]ccc1OCCCCCCCC. The van der Waals surface area contributed by atoms with E-state index in [2.05, 4.69) is 19.9 Å². The Morgan fingerprint density at radius 3 is 1.50 bits per heavy atom. The van der Waals surface area contributed by atoms with Gasteiger partial charge in [0, 0.05) is 0 Å². The van der Waals surface area contributed by atoms with E-state index in [9.17, 15) is 0 Å². The molecular formula is C26H45O2. The Kier molecular flexibility index (Phi) is 17.0. The fourth-order valence-corrected chi connectivity index (χ4v) is 3.47. The van der Waals surface area contributed by atoms with Crippen LogP contribution >= 0.6 is 0 Å². The fourth-order valence-electron chi connectivity index (χ4n) is 3.47. The maximum absolute atomic E-state index is 5.96. The molecule has 0 saturated carbocycles. The van der Waals surface area contributed by atoms with Crippen LogP contribution < -0.4 is 9.47 Å². The monoisotopic (exact) mass is 389 g/mol. The molecule has 2 nitrogen and oxygen atoms in total. The molecular weight excluding hydrogens is 344 g/mol. The predicted octanol–water partition coefficient (Wildman–Crippen LogP) is 8.53. The zero-order valence-corrected chi connectivity index (χ0v) is 18.8. The first-order valence-electron chi connectivity index (χ1n) is 12.1.